The number of nitrogens with zero attached hydrogens (tertiary/aromatic N) is 4. The van der Waals surface area contributed by atoms with Crippen molar-refractivity contribution >= 4 is 5.96 Å². The summed E-state index contributed by atoms with van der Waals surface area (Å²) in [6, 6.07) is 8.17. The summed E-state index contributed by atoms with van der Waals surface area (Å²) < 4.78 is 7.88. The molecule has 0 radical (unpaired) electrons. The number of benzene rings is 1. The number of aliphatic imine (C=N–C) groups is 1. The van der Waals surface area contributed by atoms with Gasteiger partial charge in [0.2, 0.25) is 0 Å². The van der Waals surface area contributed by atoms with Gasteiger partial charge >= 0.3 is 0 Å². The van der Waals surface area contributed by atoms with Gasteiger partial charge in [0.05, 0.1) is 12.7 Å². The van der Waals surface area contributed by atoms with Gasteiger partial charge in [0.1, 0.15) is 11.9 Å². The van der Waals surface area contributed by atoms with Gasteiger partial charge in [0.15, 0.2) is 5.96 Å². The summed E-state index contributed by atoms with van der Waals surface area (Å²) in [5, 5.41) is 7.74. The number of rotatable bonds is 6. The topological polar surface area (TPSA) is 54.7 Å². The summed E-state index contributed by atoms with van der Waals surface area (Å²) >= 11 is 0. The maximum Gasteiger partial charge on any atom is 0.193 e. The Bertz CT molecular complexity index is 769. The number of ether oxygens (including phenoxy) is 1. The smallest absolute Gasteiger partial charge is 0.193 e. The standard InChI is InChI=1S/C21H31N5O/c1-16-6-5-7-20(10-16)27-17(2)12-23-21(22-3)26-9-8-18(15-26)11-19-13-24-25(4)14-19/h5-7,10,13-14,17-18H,8-9,11-12,15H2,1-4H3,(H,22,23). The Morgan fingerprint density at radius 2 is 2.30 bits per heavy atom. The lowest BCUT2D eigenvalue weighted by Gasteiger charge is -2.23. The average Bonchev–Trinajstić information content (AvgIpc) is 3.25. The van der Waals surface area contributed by atoms with E-state index in [0.717, 1.165) is 37.8 Å². The highest BCUT2D eigenvalue weighted by Crippen LogP contribution is 2.21. The van der Waals surface area contributed by atoms with Crippen molar-refractivity contribution in [2.45, 2.75) is 32.8 Å². The SMILES string of the molecule is CN=C(NCC(C)Oc1cccc(C)c1)N1CCC(Cc2cnn(C)c2)C1. The molecule has 1 N–H and O–H groups in total. The second kappa shape index (κ2) is 8.93. The van der Waals surface area contributed by atoms with Crippen molar-refractivity contribution in [3.05, 3.63) is 47.8 Å². The Morgan fingerprint density at radius 3 is 3.00 bits per heavy atom. The molecule has 6 nitrogen and oxygen atoms in total. The van der Waals surface area contributed by atoms with E-state index in [0.29, 0.717) is 5.92 Å². The van der Waals surface area contributed by atoms with Crippen LogP contribution in [0.5, 0.6) is 5.75 Å². The van der Waals surface area contributed by atoms with Crippen LogP contribution in [0.1, 0.15) is 24.5 Å². The van der Waals surface area contributed by atoms with Gasteiger partial charge in [-0.3, -0.25) is 9.67 Å². The highest BCUT2D eigenvalue weighted by Gasteiger charge is 2.25. The third kappa shape index (κ3) is 5.49. The molecule has 3 rings (SSSR count). The first kappa shape index (κ1) is 19.3. The van der Waals surface area contributed by atoms with Crippen molar-refractivity contribution < 1.29 is 4.74 Å². The first-order chi connectivity index (χ1) is 13.0. The first-order valence-corrected chi connectivity index (χ1v) is 9.70. The molecule has 1 aromatic heterocycles. The van der Waals surface area contributed by atoms with E-state index in [4.69, 9.17) is 4.74 Å². The molecule has 6 heteroatoms. The minimum absolute atomic E-state index is 0.0670. The molecule has 0 bridgehead atoms. The second-order valence-electron chi connectivity index (χ2n) is 7.50. The normalized spacial score (nSPS) is 18.6. The maximum absolute atomic E-state index is 6.01. The van der Waals surface area contributed by atoms with Crippen LogP contribution in [0, 0.1) is 12.8 Å². The first-order valence-electron chi connectivity index (χ1n) is 9.70. The van der Waals surface area contributed by atoms with E-state index in [9.17, 15) is 0 Å². The van der Waals surface area contributed by atoms with E-state index in [-0.39, 0.29) is 6.10 Å². The molecule has 1 aliphatic heterocycles. The van der Waals surface area contributed by atoms with Crippen LogP contribution in [-0.4, -0.2) is 53.4 Å². The summed E-state index contributed by atoms with van der Waals surface area (Å²) in [6.07, 6.45) is 6.41. The summed E-state index contributed by atoms with van der Waals surface area (Å²) in [5.74, 6) is 2.52. The molecule has 0 spiro atoms. The van der Waals surface area contributed by atoms with Gasteiger partial charge in [-0.2, -0.15) is 5.10 Å². The molecule has 0 saturated carbocycles. The van der Waals surface area contributed by atoms with Crippen molar-refractivity contribution in [3.8, 4) is 5.75 Å². The van der Waals surface area contributed by atoms with E-state index in [1.54, 1.807) is 0 Å². The fraction of sp³-hybridized carbons (Fsp3) is 0.524. The molecule has 2 heterocycles. The van der Waals surface area contributed by atoms with E-state index in [1.807, 2.05) is 37.1 Å². The summed E-state index contributed by atoms with van der Waals surface area (Å²) in [5.41, 5.74) is 2.52. The lowest BCUT2D eigenvalue weighted by Crippen LogP contribution is -2.43. The molecular formula is C21H31N5O. The van der Waals surface area contributed by atoms with Crippen LogP contribution in [0.4, 0.5) is 0 Å². The van der Waals surface area contributed by atoms with Gasteiger partial charge in [-0.05, 0) is 55.9 Å². The third-order valence-electron chi connectivity index (χ3n) is 4.95. The van der Waals surface area contributed by atoms with Crippen LogP contribution in [0.3, 0.4) is 0 Å². The molecule has 1 aromatic carbocycles. The molecule has 2 aromatic rings. The molecule has 146 valence electrons. The van der Waals surface area contributed by atoms with Crippen molar-refractivity contribution in [1.29, 1.82) is 0 Å². The Labute approximate surface area is 162 Å². The zero-order valence-electron chi connectivity index (χ0n) is 16.9. The number of likely N-dealkylation sites (tertiary alicyclic amines) is 1. The Kier molecular flexibility index (Phi) is 6.37. The third-order valence-corrected chi connectivity index (χ3v) is 4.95. The Morgan fingerprint density at radius 1 is 1.44 bits per heavy atom. The lowest BCUT2D eigenvalue weighted by molar-refractivity contribution is 0.222. The van der Waals surface area contributed by atoms with Crippen molar-refractivity contribution in [2.24, 2.45) is 18.0 Å². The fourth-order valence-electron chi connectivity index (χ4n) is 3.63. The van der Waals surface area contributed by atoms with E-state index < -0.39 is 0 Å². The van der Waals surface area contributed by atoms with Crippen LogP contribution in [0.25, 0.3) is 0 Å². The number of hydrogen-bond acceptors (Lipinski definition) is 3. The van der Waals surface area contributed by atoms with Gasteiger partial charge in [0, 0.05) is 33.4 Å². The van der Waals surface area contributed by atoms with Crippen molar-refractivity contribution in [2.75, 3.05) is 26.7 Å². The highest BCUT2D eigenvalue weighted by molar-refractivity contribution is 5.80. The Hall–Kier alpha value is -2.50. The number of aromatic nitrogens is 2. The van der Waals surface area contributed by atoms with E-state index >= 15 is 0 Å². The summed E-state index contributed by atoms with van der Waals surface area (Å²) in [6.45, 7) is 6.95. The van der Waals surface area contributed by atoms with Gasteiger partial charge < -0.3 is 15.0 Å². The average molecular weight is 370 g/mol. The van der Waals surface area contributed by atoms with Crippen LogP contribution < -0.4 is 10.1 Å². The van der Waals surface area contributed by atoms with Crippen LogP contribution in [0.2, 0.25) is 0 Å². The number of hydrogen-bond donors (Lipinski definition) is 1. The highest BCUT2D eigenvalue weighted by atomic mass is 16.5. The zero-order chi connectivity index (χ0) is 19.2. The molecule has 1 saturated heterocycles. The number of nitrogens with one attached hydrogen (secondary N) is 1. The lowest BCUT2D eigenvalue weighted by atomic mass is 10.0. The second-order valence-corrected chi connectivity index (χ2v) is 7.50. The van der Waals surface area contributed by atoms with E-state index in [1.165, 1.54) is 17.5 Å². The largest absolute Gasteiger partial charge is 0.489 e. The Balaban J connectivity index is 1.46. The summed E-state index contributed by atoms with van der Waals surface area (Å²) in [4.78, 5) is 6.82. The van der Waals surface area contributed by atoms with Crippen LogP contribution in [-0.2, 0) is 13.5 Å². The molecule has 27 heavy (non-hydrogen) atoms. The van der Waals surface area contributed by atoms with Gasteiger partial charge in [-0.1, -0.05) is 12.1 Å². The fourth-order valence-corrected chi connectivity index (χ4v) is 3.63. The zero-order valence-corrected chi connectivity index (χ0v) is 16.9. The van der Waals surface area contributed by atoms with Crippen molar-refractivity contribution in [1.82, 2.24) is 20.0 Å². The minimum atomic E-state index is 0.0670. The van der Waals surface area contributed by atoms with Gasteiger partial charge in [-0.25, -0.2) is 0 Å². The molecule has 2 unspecified atom stereocenters. The minimum Gasteiger partial charge on any atom is -0.489 e. The summed E-state index contributed by atoms with van der Waals surface area (Å²) in [7, 11) is 3.82. The number of aryl methyl sites for hydroxylation is 2. The van der Waals surface area contributed by atoms with Crippen molar-refractivity contribution in [3.63, 3.8) is 0 Å². The van der Waals surface area contributed by atoms with Crippen LogP contribution in [0.15, 0.2) is 41.7 Å². The maximum atomic E-state index is 6.01. The number of guanidine groups is 1. The monoisotopic (exact) mass is 369 g/mol. The molecule has 0 aliphatic carbocycles. The quantitative estimate of drug-likeness (QED) is 0.628. The van der Waals surface area contributed by atoms with E-state index in [2.05, 4.69) is 52.5 Å². The molecule has 1 fully saturated rings. The molecular weight excluding hydrogens is 338 g/mol. The van der Waals surface area contributed by atoms with Gasteiger partial charge in [0.25, 0.3) is 0 Å². The van der Waals surface area contributed by atoms with Crippen LogP contribution >= 0.6 is 0 Å². The molecule has 1 aliphatic rings. The predicted octanol–water partition coefficient (Wildman–Crippen LogP) is 2.64. The molecule has 2 atom stereocenters. The molecule has 0 amide bonds. The predicted molar refractivity (Wildman–Crippen MR) is 109 cm³/mol. The van der Waals surface area contributed by atoms with Gasteiger partial charge in [-0.15, -0.1) is 0 Å².